The summed E-state index contributed by atoms with van der Waals surface area (Å²) in [6.45, 7) is 2.03. The third kappa shape index (κ3) is 0.852. The van der Waals surface area contributed by atoms with Gasteiger partial charge in [-0.05, 0) is 24.6 Å². The molecule has 0 aliphatic rings. The van der Waals surface area contributed by atoms with Gasteiger partial charge in [0.1, 0.15) is 6.33 Å². The van der Waals surface area contributed by atoms with Crippen LogP contribution in [-0.4, -0.2) is 9.66 Å². The summed E-state index contributed by atoms with van der Waals surface area (Å²) in [5, 5.41) is 0. The molecule has 3 nitrogen and oxygen atoms in total. The molecule has 2 N–H and O–H groups in total. The van der Waals surface area contributed by atoms with E-state index in [9.17, 15) is 0 Å². The summed E-state index contributed by atoms with van der Waals surface area (Å²) in [5.74, 6) is 5.60. The average Bonchev–Trinajstić information content (AvgIpc) is 2.33. The molecule has 0 spiro atoms. The molecule has 3 heteroatoms. The number of nitrogens with zero attached hydrogens (tertiary/aromatic N) is 2. The van der Waals surface area contributed by atoms with E-state index in [1.807, 2.05) is 25.1 Å². The van der Waals surface area contributed by atoms with Crippen LogP contribution in [0.4, 0.5) is 0 Å². The molecular formula is C8H9N3. The summed E-state index contributed by atoms with van der Waals surface area (Å²) >= 11 is 0. The second-order valence-electron chi connectivity index (χ2n) is 2.64. The quantitative estimate of drug-likeness (QED) is 0.566. The van der Waals surface area contributed by atoms with E-state index in [2.05, 4.69) is 4.98 Å². The van der Waals surface area contributed by atoms with Crippen molar-refractivity contribution in [2.24, 2.45) is 0 Å². The fraction of sp³-hybridized carbons (Fsp3) is 0.125. The number of nitrogens with two attached hydrogens (primary N) is 1. The third-order valence-corrected chi connectivity index (χ3v) is 1.73. The molecular weight excluding hydrogens is 138 g/mol. The van der Waals surface area contributed by atoms with Crippen LogP contribution >= 0.6 is 0 Å². The van der Waals surface area contributed by atoms with Crippen molar-refractivity contribution < 1.29 is 0 Å². The zero-order valence-electron chi connectivity index (χ0n) is 6.28. The summed E-state index contributed by atoms with van der Waals surface area (Å²) < 4.78 is 1.53. The molecule has 2 aromatic rings. The van der Waals surface area contributed by atoms with Gasteiger partial charge in [0.05, 0.1) is 11.0 Å². The number of aromatic nitrogens is 2. The first-order valence-electron chi connectivity index (χ1n) is 3.46. The molecule has 0 saturated heterocycles. The Bertz CT molecular complexity index is 389. The van der Waals surface area contributed by atoms with Gasteiger partial charge in [0.15, 0.2) is 0 Å². The zero-order valence-corrected chi connectivity index (χ0v) is 6.28. The molecule has 1 heterocycles. The van der Waals surface area contributed by atoms with Gasteiger partial charge in [0.2, 0.25) is 0 Å². The van der Waals surface area contributed by atoms with Crippen molar-refractivity contribution >= 4 is 11.0 Å². The zero-order chi connectivity index (χ0) is 7.84. The molecule has 0 bridgehead atoms. The van der Waals surface area contributed by atoms with E-state index >= 15 is 0 Å². The van der Waals surface area contributed by atoms with Crippen LogP contribution in [0.5, 0.6) is 0 Å². The Hall–Kier alpha value is -1.51. The molecule has 0 fully saturated rings. The maximum Gasteiger partial charge on any atom is 0.115 e. The number of benzene rings is 1. The first kappa shape index (κ1) is 6.22. The van der Waals surface area contributed by atoms with Crippen molar-refractivity contribution in [3.63, 3.8) is 0 Å². The van der Waals surface area contributed by atoms with Gasteiger partial charge in [0.25, 0.3) is 0 Å². The number of rotatable bonds is 0. The van der Waals surface area contributed by atoms with E-state index in [1.54, 1.807) is 6.33 Å². The van der Waals surface area contributed by atoms with Crippen LogP contribution in [0.2, 0.25) is 0 Å². The van der Waals surface area contributed by atoms with Gasteiger partial charge in [-0.25, -0.2) is 9.66 Å². The summed E-state index contributed by atoms with van der Waals surface area (Å²) in [6.07, 6.45) is 1.62. The molecule has 56 valence electrons. The highest BCUT2D eigenvalue weighted by Gasteiger charge is 1.97. The molecule has 0 amide bonds. The molecule has 0 saturated carbocycles. The summed E-state index contributed by atoms with van der Waals surface area (Å²) in [6, 6.07) is 6.01. The largest absolute Gasteiger partial charge is 0.338 e. The molecule has 1 aromatic heterocycles. The minimum atomic E-state index is 0.943. The van der Waals surface area contributed by atoms with Gasteiger partial charge in [0, 0.05) is 0 Å². The molecule has 0 radical (unpaired) electrons. The Labute approximate surface area is 64.4 Å². The summed E-state index contributed by atoms with van der Waals surface area (Å²) in [4.78, 5) is 4.10. The van der Waals surface area contributed by atoms with Crippen LogP contribution in [-0.2, 0) is 0 Å². The molecule has 0 atom stereocenters. The Morgan fingerprint density at radius 1 is 1.45 bits per heavy atom. The lowest BCUT2D eigenvalue weighted by Gasteiger charge is -1.94. The molecule has 0 aliphatic carbocycles. The number of aryl methyl sites for hydroxylation is 1. The van der Waals surface area contributed by atoms with Crippen LogP contribution in [0.3, 0.4) is 0 Å². The maximum absolute atomic E-state index is 5.60. The highest BCUT2D eigenvalue weighted by molar-refractivity contribution is 5.75. The Kier molecular flexibility index (Phi) is 1.12. The lowest BCUT2D eigenvalue weighted by molar-refractivity contribution is 1.04. The number of nitrogen functional groups attached to an aromatic ring is 1. The predicted octanol–water partition coefficient (Wildman–Crippen LogP) is 1.06. The second-order valence-corrected chi connectivity index (χ2v) is 2.64. The van der Waals surface area contributed by atoms with Crippen molar-refractivity contribution in [3.05, 3.63) is 30.1 Å². The van der Waals surface area contributed by atoms with Crippen molar-refractivity contribution in [3.8, 4) is 0 Å². The molecule has 0 aliphatic heterocycles. The third-order valence-electron chi connectivity index (χ3n) is 1.73. The first-order valence-corrected chi connectivity index (χ1v) is 3.46. The SMILES string of the molecule is Cc1ccc2ncn(N)c2c1. The summed E-state index contributed by atoms with van der Waals surface area (Å²) in [7, 11) is 0. The molecule has 1 aromatic carbocycles. The highest BCUT2D eigenvalue weighted by atomic mass is 15.3. The van der Waals surface area contributed by atoms with E-state index in [4.69, 9.17) is 5.84 Å². The van der Waals surface area contributed by atoms with Gasteiger partial charge in [-0.2, -0.15) is 0 Å². The van der Waals surface area contributed by atoms with Crippen LogP contribution in [0.25, 0.3) is 11.0 Å². The van der Waals surface area contributed by atoms with Crippen molar-refractivity contribution in [1.82, 2.24) is 9.66 Å². The standard InChI is InChI=1S/C8H9N3/c1-6-2-3-7-8(4-6)11(9)5-10-7/h2-5H,9H2,1H3. The molecule has 0 unspecified atom stereocenters. The lowest BCUT2D eigenvalue weighted by Crippen LogP contribution is -2.04. The molecule has 11 heavy (non-hydrogen) atoms. The normalized spacial score (nSPS) is 10.6. The number of imidazole rings is 1. The monoisotopic (exact) mass is 147 g/mol. The van der Waals surface area contributed by atoms with Gasteiger partial charge in [-0.3, -0.25) is 0 Å². The highest BCUT2D eigenvalue weighted by Crippen LogP contribution is 2.11. The summed E-state index contributed by atoms with van der Waals surface area (Å²) in [5.41, 5.74) is 3.12. The van der Waals surface area contributed by atoms with Crippen LogP contribution in [0, 0.1) is 6.92 Å². The number of fused-ring (bicyclic) bond motifs is 1. The van der Waals surface area contributed by atoms with Crippen molar-refractivity contribution in [2.75, 3.05) is 5.84 Å². The van der Waals surface area contributed by atoms with E-state index in [0.29, 0.717) is 0 Å². The topological polar surface area (TPSA) is 43.8 Å². The van der Waals surface area contributed by atoms with Gasteiger partial charge in [-0.15, -0.1) is 0 Å². The fourth-order valence-corrected chi connectivity index (χ4v) is 1.14. The van der Waals surface area contributed by atoms with E-state index in [0.717, 1.165) is 11.0 Å². The van der Waals surface area contributed by atoms with Crippen LogP contribution in [0.1, 0.15) is 5.56 Å². The maximum atomic E-state index is 5.60. The van der Waals surface area contributed by atoms with E-state index in [-0.39, 0.29) is 0 Å². The minimum absolute atomic E-state index is 0.943. The van der Waals surface area contributed by atoms with Crippen molar-refractivity contribution in [1.29, 1.82) is 0 Å². The number of hydrogen-bond donors (Lipinski definition) is 1. The molecule has 2 rings (SSSR count). The fourth-order valence-electron chi connectivity index (χ4n) is 1.14. The van der Waals surface area contributed by atoms with E-state index in [1.165, 1.54) is 10.2 Å². The van der Waals surface area contributed by atoms with Crippen molar-refractivity contribution in [2.45, 2.75) is 6.92 Å². The minimum Gasteiger partial charge on any atom is -0.338 e. The Balaban J connectivity index is 2.87. The van der Waals surface area contributed by atoms with Gasteiger partial charge >= 0.3 is 0 Å². The van der Waals surface area contributed by atoms with Crippen LogP contribution in [0.15, 0.2) is 24.5 Å². The van der Waals surface area contributed by atoms with Gasteiger partial charge < -0.3 is 5.84 Å². The predicted molar refractivity (Wildman–Crippen MR) is 44.6 cm³/mol. The lowest BCUT2D eigenvalue weighted by atomic mass is 10.2. The van der Waals surface area contributed by atoms with Gasteiger partial charge in [-0.1, -0.05) is 6.07 Å². The average molecular weight is 147 g/mol. The van der Waals surface area contributed by atoms with Crippen LogP contribution < -0.4 is 5.84 Å². The Morgan fingerprint density at radius 3 is 3.09 bits per heavy atom. The Morgan fingerprint density at radius 2 is 2.27 bits per heavy atom. The first-order chi connectivity index (χ1) is 5.27. The smallest absolute Gasteiger partial charge is 0.115 e. The second kappa shape index (κ2) is 1.99. The van der Waals surface area contributed by atoms with E-state index < -0.39 is 0 Å². The number of hydrogen-bond acceptors (Lipinski definition) is 2.